The molecule has 0 bridgehead atoms. The highest BCUT2D eigenvalue weighted by Gasteiger charge is 2.60. The van der Waals surface area contributed by atoms with Crippen LogP contribution in [0.4, 0.5) is 0 Å². The second-order valence-electron chi connectivity index (χ2n) is 13.4. The van der Waals surface area contributed by atoms with Crippen molar-refractivity contribution < 1.29 is 14.9 Å². The zero-order chi connectivity index (χ0) is 21.9. The first-order valence-electron chi connectivity index (χ1n) is 13.7. The molecule has 5 aliphatic rings. The fourth-order valence-electron chi connectivity index (χ4n) is 9.69. The number of fused-ring (bicyclic) bond motifs is 5. The molecule has 0 amide bonds. The maximum atomic E-state index is 10.9. The number of rotatable bonds is 4. The van der Waals surface area contributed by atoms with Gasteiger partial charge in [-0.05, 0) is 131 Å². The molecule has 0 radical (unpaired) electrons. The summed E-state index contributed by atoms with van der Waals surface area (Å²) in [6.07, 6.45) is 16.9. The molecule has 5 rings (SSSR count). The second kappa shape index (κ2) is 7.98. The molecule has 1 heterocycles. The molecular formula is C28H48O3. The van der Waals surface area contributed by atoms with Crippen LogP contribution >= 0.6 is 0 Å². The summed E-state index contributed by atoms with van der Waals surface area (Å²) in [4.78, 5) is 0. The molecule has 4 saturated carbocycles. The summed E-state index contributed by atoms with van der Waals surface area (Å²) in [6.45, 7) is 8.80. The van der Waals surface area contributed by atoms with Crippen LogP contribution < -0.4 is 0 Å². The fraction of sp³-hybridized carbons (Fsp3) is 1.00. The largest absolute Gasteiger partial charge is 0.390 e. The lowest BCUT2D eigenvalue weighted by Gasteiger charge is -2.62. The molecule has 1 saturated heterocycles. The van der Waals surface area contributed by atoms with E-state index in [9.17, 15) is 10.2 Å². The SMILES string of the molecule is CC12CCC3C(CCC4C[C@@](C)(O)CCC43C)C1CCC2CCCC1(O)CCOCC1. The normalized spacial score (nSPS) is 51.6. The first-order chi connectivity index (χ1) is 14.7. The molecule has 8 atom stereocenters. The van der Waals surface area contributed by atoms with Gasteiger partial charge in [0.25, 0.3) is 0 Å². The van der Waals surface area contributed by atoms with Crippen molar-refractivity contribution in [2.24, 2.45) is 40.4 Å². The van der Waals surface area contributed by atoms with Gasteiger partial charge < -0.3 is 14.9 Å². The van der Waals surface area contributed by atoms with Crippen molar-refractivity contribution in [3.63, 3.8) is 0 Å². The van der Waals surface area contributed by atoms with E-state index in [4.69, 9.17) is 4.74 Å². The van der Waals surface area contributed by atoms with E-state index in [-0.39, 0.29) is 0 Å². The van der Waals surface area contributed by atoms with Crippen LogP contribution in [-0.2, 0) is 4.74 Å². The Bertz CT molecular complexity index is 653. The highest BCUT2D eigenvalue weighted by atomic mass is 16.5. The van der Waals surface area contributed by atoms with Gasteiger partial charge in [-0.3, -0.25) is 0 Å². The quantitative estimate of drug-likeness (QED) is 0.563. The topological polar surface area (TPSA) is 49.7 Å². The van der Waals surface area contributed by atoms with Gasteiger partial charge in [-0.25, -0.2) is 0 Å². The molecule has 7 unspecified atom stereocenters. The lowest BCUT2D eigenvalue weighted by Crippen LogP contribution is -2.55. The predicted molar refractivity (Wildman–Crippen MR) is 125 cm³/mol. The highest BCUT2D eigenvalue weighted by Crippen LogP contribution is 2.68. The van der Waals surface area contributed by atoms with Gasteiger partial charge in [0.05, 0.1) is 11.2 Å². The van der Waals surface area contributed by atoms with Crippen molar-refractivity contribution in [3.8, 4) is 0 Å². The molecule has 2 N–H and O–H groups in total. The van der Waals surface area contributed by atoms with E-state index in [0.717, 1.165) is 74.9 Å². The highest BCUT2D eigenvalue weighted by molar-refractivity contribution is 5.10. The van der Waals surface area contributed by atoms with Crippen molar-refractivity contribution >= 4 is 0 Å². The average molecular weight is 433 g/mol. The zero-order valence-corrected chi connectivity index (χ0v) is 20.5. The van der Waals surface area contributed by atoms with Crippen LogP contribution in [0.3, 0.4) is 0 Å². The lowest BCUT2D eigenvalue weighted by molar-refractivity contribution is -0.146. The van der Waals surface area contributed by atoms with Crippen molar-refractivity contribution in [1.82, 2.24) is 0 Å². The van der Waals surface area contributed by atoms with Gasteiger partial charge in [-0.1, -0.05) is 20.3 Å². The van der Waals surface area contributed by atoms with Crippen LogP contribution in [-0.4, -0.2) is 34.6 Å². The van der Waals surface area contributed by atoms with Gasteiger partial charge in [-0.15, -0.1) is 0 Å². The molecule has 5 fully saturated rings. The van der Waals surface area contributed by atoms with E-state index in [1.807, 2.05) is 0 Å². The van der Waals surface area contributed by atoms with Crippen LogP contribution in [0.15, 0.2) is 0 Å². The van der Waals surface area contributed by atoms with Gasteiger partial charge >= 0.3 is 0 Å². The Morgan fingerprint density at radius 1 is 0.774 bits per heavy atom. The summed E-state index contributed by atoms with van der Waals surface area (Å²) >= 11 is 0. The molecule has 3 nitrogen and oxygen atoms in total. The first kappa shape index (κ1) is 22.7. The van der Waals surface area contributed by atoms with E-state index in [1.54, 1.807) is 0 Å². The predicted octanol–water partition coefficient (Wildman–Crippen LogP) is 6.11. The maximum Gasteiger partial charge on any atom is 0.0691 e. The van der Waals surface area contributed by atoms with E-state index in [0.29, 0.717) is 10.8 Å². The molecule has 0 aromatic heterocycles. The smallest absolute Gasteiger partial charge is 0.0691 e. The van der Waals surface area contributed by atoms with Crippen molar-refractivity contribution in [2.75, 3.05) is 13.2 Å². The molecule has 31 heavy (non-hydrogen) atoms. The summed E-state index contributed by atoms with van der Waals surface area (Å²) in [5.41, 5.74) is 0.122. The first-order valence-corrected chi connectivity index (χ1v) is 13.7. The third-order valence-corrected chi connectivity index (χ3v) is 11.8. The van der Waals surface area contributed by atoms with Crippen LogP contribution in [0.1, 0.15) is 111 Å². The fourth-order valence-corrected chi connectivity index (χ4v) is 9.69. The van der Waals surface area contributed by atoms with Crippen molar-refractivity contribution in [2.45, 2.75) is 122 Å². The Morgan fingerprint density at radius 2 is 1.52 bits per heavy atom. The standard InChI is InChI=1S/C28H48O3/c1-25(29)13-14-27(3)21(19-25)6-8-22-23-9-7-20(26(23,2)12-10-24(22)27)5-4-11-28(30)15-17-31-18-16-28/h20-24,29-30H,4-19H2,1-3H3/t20?,21?,22?,23?,24?,25-,26?,27?/m0/s1. The third kappa shape index (κ3) is 3.93. The van der Waals surface area contributed by atoms with E-state index in [2.05, 4.69) is 20.8 Å². The van der Waals surface area contributed by atoms with Gasteiger partial charge in [0.15, 0.2) is 0 Å². The van der Waals surface area contributed by atoms with Gasteiger partial charge in [0, 0.05) is 13.2 Å². The summed E-state index contributed by atoms with van der Waals surface area (Å²) in [7, 11) is 0. The van der Waals surface area contributed by atoms with Crippen LogP contribution in [0, 0.1) is 40.4 Å². The summed E-state index contributed by atoms with van der Waals surface area (Å²) in [5, 5.41) is 21.6. The van der Waals surface area contributed by atoms with Gasteiger partial charge in [0.1, 0.15) is 0 Å². The summed E-state index contributed by atoms with van der Waals surface area (Å²) in [6, 6.07) is 0. The molecule has 0 spiro atoms. The lowest BCUT2D eigenvalue weighted by atomic mass is 9.44. The van der Waals surface area contributed by atoms with E-state index < -0.39 is 11.2 Å². The Morgan fingerprint density at radius 3 is 2.29 bits per heavy atom. The van der Waals surface area contributed by atoms with Crippen molar-refractivity contribution in [3.05, 3.63) is 0 Å². The van der Waals surface area contributed by atoms with Gasteiger partial charge in [0.2, 0.25) is 0 Å². The Balaban J connectivity index is 1.23. The number of ether oxygens (including phenoxy) is 1. The van der Waals surface area contributed by atoms with E-state index in [1.165, 1.54) is 57.8 Å². The molecule has 178 valence electrons. The maximum absolute atomic E-state index is 10.9. The summed E-state index contributed by atoms with van der Waals surface area (Å²) in [5.74, 6) is 4.33. The molecule has 0 aromatic carbocycles. The minimum absolute atomic E-state index is 0.423. The number of aliphatic hydroxyl groups is 2. The molecular weight excluding hydrogens is 384 g/mol. The van der Waals surface area contributed by atoms with Crippen LogP contribution in [0.5, 0.6) is 0 Å². The van der Waals surface area contributed by atoms with Crippen molar-refractivity contribution in [1.29, 1.82) is 0 Å². The van der Waals surface area contributed by atoms with Crippen LogP contribution in [0.2, 0.25) is 0 Å². The number of hydrogen-bond donors (Lipinski definition) is 2. The Kier molecular flexibility index (Phi) is 5.83. The minimum Gasteiger partial charge on any atom is -0.390 e. The van der Waals surface area contributed by atoms with Gasteiger partial charge in [-0.2, -0.15) is 0 Å². The zero-order valence-electron chi connectivity index (χ0n) is 20.5. The Labute approximate surface area is 190 Å². The minimum atomic E-state index is -0.454. The number of hydrogen-bond acceptors (Lipinski definition) is 3. The Hall–Kier alpha value is -0.120. The third-order valence-electron chi connectivity index (χ3n) is 11.8. The second-order valence-corrected chi connectivity index (χ2v) is 13.4. The molecule has 0 aromatic rings. The van der Waals surface area contributed by atoms with Crippen LogP contribution in [0.25, 0.3) is 0 Å². The summed E-state index contributed by atoms with van der Waals surface area (Å²) < 4.78 is 5.46. The average Bonchev–Trinajstić information content (AvgIpc) is 3.05. The molecule has 3 heteroatoms. The van der Waals surface area contributed by atoms with E-state index >= 15 is 0 Å². The monoisotopic (exact) mass is 432 g/mol. The molecule has 1 aliphatic heterocycles. The molecule has 4 aliphatic carbocycles.